The average molecular weight is 168 g/mol. The number of hydrogen-bond acceptors (Lipinski definition) is 1. The van der Waals surface area contributed by atoms with Crippen LogP contribution in [0.5, 0.6) is 0 Å². The van der Waals surface area contributed by atoms with Crippen molar-refractivity contribution in [2.75, 3.05) is 6.61 Å². The standard InChI is InChI=1S/C11H20O/c1-4-5-6-11-9(2)7-8-12-10(11)3/h10-11H,2,4-8H2,1,3H3. The predicted octanol–water partition coefficient (Wildman–Crippen LogP) is 3.16. The van der Waals surface area contributed by atoms with E-state index < -0.39 is 0 Å². The van der Waals surface area contributed by atoms with Crippen LogP contribution in [-0.4, -0.2) is 12.7 Å². The van der Waals surface area contributed by atoms with E-state index in [2.05, 4.69) is 20.4 Å². The molecule has 0 saturated carbocycles. The van der Waals surface area contributed by atoms with E-state index in [4.69, 9.17) is 4.74 Å². The van der Waals surface area contributed by atoms with Gasteiger partial charge in [0.2, 0.25) is 0 Å². The highest BCUT2D eigenvalue weighted by Crippen LogP contribution is 2.29. The molecular weight excluding hydrogens is 148 g/mol. The summed E-state index contributed by atoms with van der Waals surface area (Å²) in [6.45, 7) is 9.40. The highest BCUT2D eigenvalue weighted by molar-refractivity contribution is 5.05. The normalized spacial score (nSPS) is 30.7. The van der Waals surface area contributed by atoms with Gasteiger partial charge in [-0.3, -0.25) is 0 Å². The van der Waals surface area contributed by atoms with Gasteiger partial charge in [0.25, 0.3) is 0 Å². The molecule has 12 heavy (non-hydrogen) atoms. The SMILES string of the molecule is C=C1CCOC(C)C1CCCC. The van der Waals surface area contributed by atoms with E-state index in [0.29, 0.717) is 12.0 Å². The van der Waals surface area contributed by atoms with Crippen LogP contribution in [0.2, 0.25) is 0 Å². The summed E-state index contributed by atoms with van der Waals surface area (Å²) in [4.78, 5) is 0. The second-order valence-corrected chi connectivity index (χ2v) is 3.73. The summed E-state index contributed by atoms with van der Waals surface area (Å²) in [7, 11) is 0. The molecule has 1 rings (SSSR count). The molecule has 1 saturated heterocycles. The van der Waals surface area contributed by atoms with Gasteiger partial charge in [0.05, 0.1) is 12.7 Å². The van der Waals surface area contributed by atoms with Gasteiger partial charge in [-0.25, -0.2) is 0 Å². The Kier molecular flexibility index (Phi) is 3.80. The molecule has 0 aromatic rings. The summed E-state index contributed by atoms with van der Waals surface area (Å²) < 4.78 is 5.60. The summed E-state index contributed by atoms with van der Waals surface area (Å²) in [5.41, 5.74) is 1.40. The minimum absolute atomic E-state index is 0.401. The molecule has 0 spiro atoms. The molecule has 0 aromatic carbocycles. The van der Waals surface area contributed by atoms with E-state index >= 15 is 0 Å². The molecule has 0 amide bonds. The minimum Gasteiger partial charge on any atom is -0.378 e. The molecular formula is C11H20O. The first-order chi connectivity index (χ1) is 5.75. The zero-order valence-corrected chi connectivity index (χ0v) is 8.31. The Balaban J connectivity index is 2.40. The van der Waals surface area contributed by atoms with Crippen molar-refractivity contribution in [3.8, 4) is 0 Å². The lowest BCUT2D eigenvalue weighted by Gasteiger charge is -2.31. The highest BCUT2D eigenvalue weighted by Gasteiger charge is 2.24. The first-order valence-corrected chi connectivity index (χ1v) is 5.05. The van der Waals surface area contributed by atoms with Gasteiger partial charge >= 0.3 is 0 Å². The zero-order valence-electron chi connectivity index (χ0n) is 8.31. The van der Waals surface area contributed by atoms with Gasteiger partial charge in [-0.15, -0.1) is 0 Å². The molecule has 0 aromatic heterocycles. The van der Waals surface area contributed by atoms with Crippen molar-refractivity contribution in [3.63, 3.8) is 0 Å². The maximum Gasteiger partial charge on any atom is 0.0612 e. The van der Waals surface area contributed by atoms with Gasteiger partial charge in [-0.05, 0) is 19.8 Å². The zero-order chi connectivity index (χ0) is 8.97. The van der Waals surface area contributed by atoms with Gasteiger partial charge in [-0.2, -0.15) is 0 Å². The third-order valence-electron chi connectivity index (χ3n) is 2.76. The minimum atomic E-state index is 0.401. The number of ether oxygens (including phenoxy) is 1. The molecule has 1 fully saturated rings. The van der Waals surface area contributed by atoms with Crippen molar-refractivity contribution in [2.24, 2.45) is 5.92 Å². The van der Waals surface area contributed by atoms with Crippen LogP contribution in [0.4, 0.5) is 0 Å². The topological polar surface area (TPSA) is 9.23 Å². The second-order valence-electron chi connectivity index (χ2n) is 3.73. The van der Waals surface area contributed by atoms with Crippen LogP contribution in [0, 0.1) is 5.92 Å². The van der Waals surface area contributed by atoms with Crippen molar-refractivity contribution < 1.29 is 4.74 Å². The van der Waals surface area contributed by atoms with Crippen molar-refractivity contribution in [1.82, 2.24) is 0 Å². The number of hydrogen-bond donors (Lipinski definition) is 0. The third kappa shape index (κ3) is 2.34. The predicted molar refractivity (Wildman–Crippen MR) is 52.2 cm³/mol. The lowest BCUT2D eigenvalue weighted by Crippen LogP contribution is -2.28. The second kappa shape index (κ2) is 4.66. The summed E-state index contributed by atoms with van der Waals surface area (Å²) >= 11 is 0. The molecule has 0 radical (unpaired) electrons. The fourth-order valence-corrected chi connectivity index (χ4v) is 1.87. The maximum absolute atomic E-state index is 5.60. The van der Waals surface area contributed by atoms with Crippen molar-refractivity contribution >= 4 is 0 Å². The smallest absolute Gasteiger partial charge is 0.0612 e. The Labute approximate surface area is 75.8 Å². The first-order valence-electron chi connectivity index (χ1n) is 5.05. The van der Waals surface area contributed by atoms with E-state index in [-0.39, 0.29) is 0 Å². The van der Waals surface area contributed by atoms with E-state index in [0.717, 1.165) is 13.0 Å². The highest BCUT2D eigenvalue weighted by atomic mass is 16.5. The quantitative estimate of drug-likeness (QED) is 0.588. The van der Waals surface area contributed by atoms with Crippen molar-refractivity contribution in [1.29, 1.82) is 0 Å². The Morgan fingerprint density at radius 3 is 2.92 bits per heavy atom. The van der Waals surface area contributed by atoms with Gasteiger partial charge in [0, 0.05) is 5.92 Å². The van der Waals surface area contributed by atoms with Crippen molar-refractivity contribution in [3.05, 3.63) is 12.2 Å². The van der Waals surface area contributed by atoms with Crippen LogP contribution in [0.3, 0.4) is 0 Å². The van der Waals surface area contributed by atoms with E-state index in [1.807, 2.05) is 0 Å². The molecule has 2 atom stereocenters. The number of unbranched alkanes of at least 4 members (excludes halogenated alkanes) is 1. The molecule has 0 N–H and O–H groups in total. The molecule has 1 nitrogen and oxygen atoms in total. The van der Waals surface area contributed by atoms with Gasteiger partial charge in [-0.1, -0.05) is 31.9 Å². The molecule has 70 valence electrons. The van der Waals surface area contributed by atoms with E-state index in [1.54, 1.807) is 0 Å². The molecule has 1 heteroatoms. The summed E-state index contributed by atoms with van der Waals surface area (Å²) in [6.07, 6.45) is 5.31. The van der Waals surface area contributed by atoms with Gasteiger partial charge in [0.1, 0.15) is 0 Å². The largest absolute Gasteiger partial charge is 0.378 e. The van der Waals surface area contributed by atoms with Crippen LogP contribution in [0.25, 0.3) is 0 Å². The number of rotatable bonds is 3. The van der Waals surface area contributed by atoms with Crippen LogP contribution >= 0.6 is 0 Å². The lowest BCUT2D eigenvalue weighted by molar-refractivity contribution is 0.00947. The van der Waals surface area contributed by atoms with Crippen molar-refractivity contribution in [2.45, 2.75) is 45.6 Å². The fraction of sp³-hybridized carbons (Fsp3) is 0.818. The van der Waals surface area contributed by atoms with Crippen LogP contribution in [0.1, 0.15) is 39.5 Å². The Morgan fingerprint density at radius 1 is 1.58 bits per heavy atom. The molecule has 2 unspecified atom stereocenters. The Bertz CT molecular complexity index is 151. The van der Waals surface area contributed by atoms with Crippen LogP contribution in [-0.2, 0) is 4.74 Å². The van der Waals surface area contributed by atoms with E-state index in [1.165, 1.54) is 24.8 Å². The first kappa shape index (κ1) is 9.79. The fourth-order valence-electron chi connectivity index (χ4n) is 1.87. The maximum atomic E-state index is 5.60. The van der Waals surface area contributed by atoms with Crippen LogP contribution in [0.15, 0.2) is 12.2 Å². The lowest BCUT2D eigenvalue weighted by atomic mass is 9.86. The molecule has 1 aliphatic heterocycles. The van der Waals surface area contributed by atoms with Crippen LogP contribution < -0.4 is 0 Å². The summed E-state index contributed by atoms with van der Waals surface area (Å²) in [5.74, 6) is 0.624. The van der Waals surface area contributed by atoms with Gasteiger partial charge < -0.3 is 4.74 Å². The molecule has 1 aliphatic rings. The monoisotopic (exact) mass is 168 g/mol. The molecule has 0 bridgehead atoms. The Hall–Kier alpha value is -0.300. The summed E-state index contributed by atoms with van der Waals surface area (Å²) in [5, 5.41) is 0. The third-order valence-corrected chi connectivity index (χ3v) is 2.76. The molecule has 0 aliphatic carbocycles. The molecule has 1 heterocycles. The van der Waals surface area contributed by atoms with E-state index in [9.17, 15) is 0 Å². The van der Waals surface area contributed by atoms with Gasteiger partial charge in [0.15, 0.2) is 0 Å². The summed E-state index contributed by atoms with van der Waals surface area (Å²) in [6, 6.07) is 0. The Morgan fingerprint density at radius 2 is 2.33 bits per heavy atom. The average Bonchev–Trinajstić information content (AvgIpc) is 2.04.